The van der Waals surface area contributed by atoms with Crippen molar-refractivity contribution in [3.05, 3.63) is 24.3 Å². The van der Waals surface area contributed by atoms with Crippen LogP contribution >= 0.6 is 11.3 Å². The molecule has 2 aromatic rings. The second-order valence-electron chi connectivity index (χ2n) is 5.53. The van der Waals surface area contributed by atoms with E-state index in [9.17, 15) is 0 Å². The van der Waals surface area contributed by atoms with Crippen molar-refractivity contribution in [2.24, 2.45) is 5.92 Å². The summed E-state index contributed by atoms with van der Waals surface area (Å²) in [7, 11) is 0. The molecule has 19 heavy (non-hydrogen) atoms. The van der Waals surface area contributed by atoms with Crippen molar-refractivity contribution in [1.82, 2.24) is 4.98 Å². The first-order valence-corrected chi connectivity index (χ1v) is 7.95. The number of para-hydroxylation sites is 1. The van der Waals surface area contributed by atoms with Crippen LogP contribution in [0.3, 0.4) is 0 Å². The van der Waals surface area contributed by atoms with Crippen LogP contribution in [0.15, 0.2) is 24.3 Å². The Morgan fingerprint density at radius 2 is 2.16 bits per heavy atom. The number of nitrogens with zero attached hydrogens (tertiary/aromatic N) is 1. The van der Waals surface area contributed by atoms with Crippen LogP contribution in [0.2, 0.25) is 0 Å². The molecule has 1 saturated heterocycles. The number of hydrogen-bond donors (Lipinski definition) is 1. The van der Waals surface area contributed by atoms with Gasteiger partial charge in [0.2, 0.25) is 0 Å². The van der Waals surface area contributed by atoms with Crippen molar-refractivity contribution in [1.29, 1.82) is 0 Å². The molecule has 3 unspecified atom stereocenters. The molecule has 0 amide bonds. The van der Waals surface area contributed by atoms with Gasteiger partial charge in [0.1, 0.15) is 0 Å². The normalized spacial score (nSPS) is 30.4. The summed E-state index contributed by atoms with van der Waals surface area (Å²) in [5.74, 6) is 0.681. The van der Waals surface area contributed by atoms with Crippen molar-refractivity contribution in [3.63, 3.8) is 0 Å². The molecule has 100 valence electrons. The topological polar surface area (TPSA) is 34.1 Å². The summed E-state index contributed by atoms with van der Waals surface area (Å²) in [6.07, 6.45) is 5.45. The van der Waals surface area contributed by atoms with Gasteiger partial charge in [-0.15, -0.1) is 0 Å². The molecule has 2 aliphatic rings. The van der Waals surface area contributed by atoms with Crippen LogP contribution in [0, 0.1) is 5.92 Å². The van der Waals surface area contributed by atoms with E-state index in [-0.39, 0.29) is 0 Å². The highest BCUT2D eigenvalue weighted by atomic mass is 32.1. The number of benzene rings is 1. The minimum absolute atomic E-state index is 0.487. The number of aromatic nitrogens is 1. The molecule has 1 aromatic heterocycles. The lowest BCUT2D eigenvalue weighted by Crippen LogP contribution is -2.38. The van der Waals surface area contributed by atoms with Crippen LogP contribution in [0.25, 0.3) is 10.2 Å². The zero-order valence-corrected chi connectivity index (χ0v) is 11.7. The average Bonchev–Trinajstić information content (AvgIpc) is 3.04. The minimum Gasteiger partial charge on any atom is -0.378 e. The molecule has 3 atom stereocenters. The van der Waals surface area contributed by atoms with Gasteiger partial charge in [0.15, 0.2) is 5.13 Å². The second-order valence-corrected chi connectivity index (χ2v) is 6.56. The quantitative estimate of drug-likeness (QED) is 0.907. The molecular formula is C15H18N2OS. The van der Waals surface area contributed by atoms with Gasteiger partial charge >= 0.3 is 0 Å². The molecule has 0 bridgehead atoms. The van der Waals surface area contributed by atoms with Crippen LogP contribution in [0.5, 0.6) is 0 Å². The lowest BCUT2D eigenvalue weighted by Gasteiger charge is -2.33. The SMILES string of the molecule is c1ccc2sc(NC3CCCC4OCCC34)nc2c1. The summed E-state index contributed by atoms with van der Waals surface area (Å²) in [5.41, 5.74) is 1.10. The molecule has 4 heteroatoms. The Hall–Kier alpha value is -1.13. The maximum atomic E-state index is 5.83. The van der Waals surface area contributed by atoms with Gasteiger partial charge < -0.3 is 10.1 Å². The van der Waals surface area contributed by atoms with E-state index in [1.165, 1.54) is 30.4 Å². The minimum atomic E-state index is 0.487. The van der Waals surface area contributed by atoms with E-state index in [1.54, 1.807) is 11.3 Å². The summed E-state index contributed by atoms with van der Waals surface area (Å²) in [6.45, 7) is 0.938. The fourth-order valence-electron chi connectivity index (χ4n) is 3.45. The van der Waals surface area contributed by atoms with Crippen molar-refractivity contribution in [2.75, 3.05) is 11.9 Å². The Balaban J connectivity index is 1.56. The Bertz CT molecular complexity index is 549. The van der Waals surface area contributed by atoms with Crippen LogP contribution in [0.1, 0.15) is 25.7 Å². The number of hydrogen-bond acceptors (Lipinski definition) is 4. The van der Waals surface area contributed by atoms with Crippen LogP contribution in [-0.2, 0) is 4.74 Å². The van der Waals surface area contributed by atoms with E-state index < -0.39 is 0 Å². The molecular weight excluding hydrogens is 256 g/mol. The largest absolute Gasteiger partial charge is 0.378 e. The van der Waals surface area contributed by atoms with Crippen molar-refractivity contribution < 1.29 is 4.74 Å². The Morgan fingerprint density at radius 1 is 1.21 bits per heavy atom. The van der Waals surface area contributed by atoms with Crippen LogP contribution in [-0.4, -0.2) is 23.7 Å². The Kier molecular flexibility index (Phi) is 2.93. The summed E-state index contributed by atoms with van der Waals surface area (Å²) >= 11 is 1.76. The van der Waals surface area contributed by atoms with Gasteiger partial charge in [0.25, 0.3) is 0 Å². The lowest BCUT2D eigenvalue weighted by molar-refractivity contribution is 0.0620. The van der Waals surface area contributed by atoms with Crippen molar-refractivity contribution >= 4 is 26.7 Å². The standard InChI is InChI=1S/C15H18N2OS/c1-2-7-14-12(4-1)17-15(19-14)16-11-5-3-6-13-10(11)8-9-18-13/h1-2,4,7,10-11,13H,3,5-6,8-9H2,(H,16,17). The maximum absolute atomic E-state index is 5.83. The second kappa shape index (κ2) is 4.76. The van der Waals surface area contributed by atoms with E-state index in [0.717, 1.165) is 17.3 Å². The number of nitrogens with one attached hydrogen (secondary N) is 1. The van der Waals surface area contributed by atoms with Crippen LogP contribution in [0.4, 0.5) is 5.13 Å². The Morgan fingerprint density at radius 3 is 3.11 bits per heavy atom. The third-order valence-corrected chi connectivity index (χ3v) is 5.35. The fraction of sp³-hybridized carbons (Fsp3) is 0.533. The van der Waals surface area contributed by atoms with Gasteiger partial charge in [-0.25, -0.2) is 4.98 Å². The summed E-state index contributed by atoms with van der Waals surface area (Å²) in [4.78, 5) is 4.69. The summed E-state index contributed by atoms with van der Waals surface area (Å²) in [6, 6.07) is 8.89. The number of anilines is 1. The molecule has 1 aliphatic carbocycles. The zero-order chi connectivity index (χ0) is 12.7. The molecule has 1 aromatic carbocycles. The van der Waals surface area contributed by atoms with Gasteiger partial charge in [0, 0.05) is 18.6 Å². The first-order valence-electron chi connectivity index (χ1n) is 7.14. The molecule has 0 radical (unpaired) electrons. The average molecular weight is 274 g/mol. The number of thiazole rings is 1. The first kappa shape index (κ1) is 11.7. The molecule has 2 fully saturated rings. The molecule has 3 nitrogen and oxygen atoms in total. The number of ether oxygens (including phenoxy) is 1. The predicted octanol–water partition coefficient (Wildman–Crippen LogP) is 3.67. The smallest absolute Gasteiger partial charge is 0.184 e. The zero-order valence-electron chi connectivity index (χ0n) is 10.8. The molecule has 1 aliphatic heterocycles. The highest BCUT2D eigenvalue weighted by Gasteiger charge is 2.37. The molecule has 1 saturated carbocycles. The van der Waals surface area contributed by atoms with Crippen LogP contribution < -0.4 is 5.32 Å². The third-order valence-electron chi connectivity index (χ3n) is 4.38. The van der Waals surface area contributed by atoms with Gasteiger partial charge in [-0.05, 0) is 37.8 Å². The highest BCUT2D eigenvalue weighted by molar-refractivity contribution is 7.22. The Labute approximate surface area is 117 Å². The molecule has 2 heterocycles. The highest BCUT2D eigenvalue weighted by Crippen LogP contribution is 2.37. The van der Waals surface area contributed by atoms with Gasteiger partial charge in [-0.2, -0.15) is 0 Å². The van der Waals surface area contributed by atoms with Gasteiger partial charge in [-0.1, -0.05) is 23.5 Å². The predicted molar refractivity (Wildman–Crippen MR) is 78.7 cm³/mol. The van der Waals surface area contributed by atoms with Crippen molar-refractivity contribution in [2.45, 2.75) is 37.8 Å². The van der Waals surface area contributed by atoms with Gasteiger partial charge in [-0.3, -0.25) is 0 Å². The van der Waals surface area contributed by atoms with E-state index in [4.69, 9.17) is 4.74 Å². The molecule has 1 N–H and O–H groups in total. The van der Waals surface area contributed by atoms with E-state index in [1.807, 2.05) is 6.07 Å². The third kappa shape index (κ3) is 2.13. The van der Waals surface area contributed by atoms with E-state index >= 15 is 0 Å². The number of rotatable bonds is 2. The lowest BCUT2D eigenvalue weighted by atomic mass is 9.82. The first-order chi connectivity index (χ1) is 9.40. The summed E-state index contributed by atoms with van der Waals surface area (Å²) < 4.78 is 7.09. The van der Waals surface area contributed by atoms with Gasteiger partial charge in [0.05, 0.1) is 16.3 Å². The molecule has 0 spiro atoms. The monoisotopic (exact) mass is 274 g/mol. The van der Waals surface area contributed by atoms with Crippen molar-refractivity contribution in [3.8, 4) is 0 Å². The number of fused-ring (bicyclic) bond motifs is 2. The summed E-state index contributed by atoms with van der Waals surface area (Å²) in [5, 5.41) is 4.74. The van der Waals surface area contributed by atoms with E-state index in [2.05, 4.69) is 28.5 Å². The fourth-order valence-corrected chi connectivity index (χ4v) is 4.37. The molecule has 4 rings (SSSR count). The maximum Gasteiger partial charge on any atom is 0.184 e. The van der Waals surface area contributed by atoms with E-state index in [0.29, 0.717) is 18.1 Å².